The lowest BCUT2D eigenvalue weighted by Crippen LogP contribution is -2.19. The van der Waals surface area contributed by atoms with Gasteiger partial charge in [0.2, 0.25) is 0 Å². The fraction of sp³-hybridized carbons (Fsp3) is 0.381. The number of aromatic hydroxyl groups is 1. The van der Waals surface area contributed by atoms with Crippen molar-refractivity contribution in [2.45, 2.75) is 52.4 Å². The third-order valence-corrected chi connectivity index (χ3v) is 4.05. The van der Waals surface area contributed by atoms with Gasteiger partial charge in [-0.3, -0.25) is 9.78 Å². The Labute approximate surface area is 155 Å². The molecule has 0 bridgehead atoms. The highest BCUT2D eigenvalue weighted by atomic mass is 16.3. The summed E-state index contributed by atoms with van der Waals surface area (Å²) >= 11 is 0. The Balaban J connectivity index is 2.33. The number of nitrogens with one attached hydrogen (secondary N) is 1. The van der Waals surface area contributed by atoms with Gasteiger partial charge in [-0.1, -0.05) is 41.5 Å². The van der Waals surface area contributed by atoms with E-state index in [1.54, 1.807) is 24.5 Å². The lowest BCUT2D eigenvalue weighted by atomic mass is 9.78. The van der Waals surface area contributed by atoms with Gasteiger partial charge < -0.3 is 5.11 Å². The minimum absolute atomic E-state index is 0.215. The zero-order chi connectivity index (χ0) is 19.5. The molecule has 0 aliphatic heterocycles. The summed E-state index contributed by atoms with van der Waals surface area (Å²) in [7, 11) is 0. The number of carbonyl (C=O) groups is 1. The number of hydrogen-bond acceptors (Lipinski definition) is 4. The van der Waals surface area contributed by atoms with Crippen LogP contribution in [-0.2, 0) is 10.8 Å². The molecule has 0 fully saturated rings. The number of phenols is 1. The van der Waals surface area contributed by atoms with E-state index in [9.17, 15) is 9.90 Å². The van der Waals surface area contributed by atoms with Gasteiger partial charge >= 0.3 is 0 Å². The van der Waals surface area contributed by atoms with Gasteiger partial charge in [-0.2, -0.15) is 5.10 Å². The lowest BCUT2D eigenvalue weighted by Gasteiger charge is -2.27. The van der Waals surface area contributed by atoms with Crippen molar-refractivity contribution in [3.63, 3.8) is 0 Å². The molecule has 0 radical (unpaired) electrons. The van der Waals surface area contributed by atoms with E-state index >= 15 is 0 Å². The molecule has 2 aromatic rings. The van der Waals surface area contributed by atoms with Crippen molar-refractivity contribution in [3.05, 3.63) is 58.9 Å². The maximum atomic E-state index is 12.0. The molecule has 5 heteroatoms. The number of phenolic OH excluding ortho intramolecular Hbond substituents is 1. The van der Waals surface area contributed by atoms with E-state index in [4.69, 9.17) is 0 Å². The van der Waals surface area contributed by atoms with Crippen molar-refractivity contribution in [2.75, 3.05) is 0 Å². The number of hydrogen-bond donors (Lipinski definition) is 2. The molecular formula is C21H27N3O2. The van der Waals surface area contributed by atoms with Gasteiger partial charge in [0.25, 0.3) is 5.91 Å². The predicted molar refractivity (Wildman–Crippen MR) is 105 cm³/mol. The standard InChI is InChI=1S/C21H27N3O2/c1-20(2,3)16-10-14(11-17(18(16)25)21(4,5)6)12-23-24-19(26)15-8-7-9-22-13-15/h7-13,25H,1-6H3,(H,24,26)/b23-12+. The molecule has 26 heavy (non-hydrogen) atoms. The summed E-state index contributed by atoms with van der Waals surface area (Å²) in [4.78, 5) is 16.0. The summed E-state index contributed by atoms with van der Waals surface area (Å²) < 4.78 is 0. The Hall–Kier alpha value is -2.69. The van der Waals surface area contributed by atoms with Gasteiger partial charge in [0.15, 0.2) is 0 Å². The largest absolute Gasteiger partial charge is 0.507 e. The van der Waals surface area contributed by atoms with Crippen LogP contribution in [0, 0.1) is 0 Å². The third-order valence-electron chi connectivity index (χ3n) is 4.05. The van der Waals surface area contributed by atoms with Crippen LogP contribution in [-0.4, -0.2) is 22.2 Å². The van der Waals surface area contributed by atoms with Crippen LogP contribution in [0.3, 0.4) is 0 Å². The minimum atomic E-state index is -0.319. The van der Waals surface area contributed by atoms with Crippen molar-refractivity contribution in [1.29, 1.82) is 0 Å². The van der Waals surface area contributed by atoms with Crippen molar-refractivity contribution in [2.24, 2.45) is 5.10 Å². The third kappa shape index (κ3) is 4.69. The van der Waals surface area contributed by atoms with Crippen LogP contribution in [0.5, 0.6) is 5.75 Å². The van der Waals surface area contributed by atoms with Crippen molar-refractivity contribution >= 4 is 12.1 Å². The van der Waals surface area contributed by atoms with Crippen LogP contribution < -0.4 is 5.43 Å². The molecule has 0 unspecified atom stereocenters. The van der Waals surface area contributed by atoms with Gasteiger partial charge in [0.1, 0.15) is 5.75 Å². The fourth-order valence-corrected chi connectivity index (χ4v) is 2.60. The number of rotatable bonds is 3. The minimum Gasteiger partial charge on any atom is -0.507 e. The van der Waals surface area contributed by atoms with E-state index in [2.05, 4.69) is 57.1 Å². The monoisotopic (exact) mass is 353 g/mol. The smallest absolute Gasteiger partial charge is 0.272 e. The summed E-state index contributed by atoms with van der Waals surface area (Å²) in [5, 5.41) is 14.8. The first-order valence-electron chi connectivity index (χ1n) is 8.61. The molecule has 0 saturated heterocycles. The molecule has 1 amide bonds. The van der Waals surface area contributed by atoms with E-state index in [1.807, 2.05) is 12.1 Å². The lowest BCUT2D eigenvalue weighted by molar-refractivity contribution is 0.0954. The molecule has 2 rings (SSSR count). The Kier molecular flexibility index (Phi) is 5.50. The van der Waals surface area contributed by atoms with E-state index in [-0.39, 0.29) is 16.7 Å². The van der Waals surface area contributed by atoms with E-state index in [1.165, 1.54) is 6.20 Å². The summed E-state index contributed by atoms with van der Waals surface area (Å²) in [6, 6.07) is 7.19. The van der Waals surface area contributed by atoms with Crippen LogP contribution >= 0.6 is 0 Å². The highest BCUT2D eigenvalue weighted by molar-refractivity contribution is 5.94. The summed E-state index contributed by atoms with van der Waals surface area (Å²) in [5.74, 6) is 0.00163. The van der Waals surface area contributed by atoms with Crippen LogP contribution in [0.4, 0.5) is 0 Å². The van der Waals surface area contributed by atoms with E-state index in [0.717, 1.165) is 16.7 Å². The number of carbonyl (C=O) groups excluding carboxylic acids is 1. The number of aromatic nitrogens is 1. The van der Waals surface area contributed by atoms with Gasteiger partial charge in [-0.25, -0.2) is 5.43 Å². The number of benzene rings is 1. The zero-order valence-corrected chi connectivity index (χ0v) is 16.3. The Bertz CT molecular complexity index is 778. The average molecular weight is 353 g/mol. The SMILES string of the molecule is CC(C)(C)c1cc(/C=N/NC(=O)c2cccnc2)cc(C(C)(C)C)c1O. The summed E-state index contributed by atoms with van der Waals surface area (Å²) in [6.45, 7) is 12.3. The molecule has 1 heterocycles. The van der Waals surface area contributed by atoms with E-state index in [0.29, 0.717) is 11.3 Å². The number of nitrogens with zero attached hydrogens (tertiary/aromatic N) is 2. The first-order valence-corrected chi connectivity index (χ1v) is 8.61. The molecule has 2 N–H and O–H groups in total. The molecule has 138 valence electrons. The highest BCUT2D eigenvalue weighted by Gasteiger charge is 2.26. The molecule has 0 aliphatic rings. The maximum Gasteiger partial charge on any atom is 0.272 e. The van der Waals surface area contributed by atoms with Crippen LogP contribution in [0.25, 0.3) is 0 Å². The molecule has 0 saturated carbocycles. The Morgan fingerprint density at radius 3 is 2.15 bits per heavy atom. The molecule has 5 nitrogen and oxygen atoms in total. The summed E-state index contributed by atoms with van der Waals surface area (Å²) in [5.41, 5.74) is 5.05. The van der Waals surface area contributed by atoms with Crippen molar-refractivity contribution in [1.82, 2.24) is 10.4 Å². The van der Waals surface area contributed by atoms with Crippen molar-refractivity contribution in [3.8, 4) is 5.75 Å². The fourth-order valence-electron chi connectivity index (χ4n) is 2.60. The Morgan fingerprint density at radius 2 is 1.69 bits per heavy atom. The average Bonchev–Trinajstić information content (AvgIpc) is 2.54. The van der Waals surface area contributed by atoms with Gasteiger partial charge in [-0.15, -0.1) is 0 Å². The van der Waals surface area contributed by atoms with Gasteiger partial charge in [0, 0.05) is 23.5 Å². The van der Waals surface area contributed by atoms with Gasteiger partial charge in [0.05, 0.1) is 11.8 Å². The second-order valence-corrected chi connectivity index (χ2v) is 8.41. The second kappa shape index (κ2) is 7.28. The summed E-state index contributed by atoms with van der Waals surface area (Å²) in [6.07, 6.45) is 4.69. The van der Waals surface area contributed by atoms with Crippen molar-refractivity contribution < 1.29 is 9.90 Å². The predicted octanol–water partition coefficient (Wildman–Crippen LogP) is 4.15. The zero-order valence-electron chi connectivity index (χ0n) is 16.3. The number of amides is 1. The number of pyridine rings is 1. The second-order valence-electron chi connectivity index (χ2n) is 8.41. The van der Waals surface area contributed by atoms with Gasteiger partial charge in [-0.05, 0) is 40.7 Å². The normalized spacial score (nSPS) is 12.4. The molecule has 1 aromatic heterocycles. The Morgan fingerprint density at radius 1 is 1.12 bits per heavy atom. The molecule has 1 aromatic carbocycles. The highest BCUT2D eigenvalue weighted by Crippen LogP contribution is 2.39. The van der Waals surface area contributed by atoms with Crippen LogP contribution in [0.2, 0.25) is 0 Å². The van der Waals surface area contributed by atoms with Crippen LogP contribution in [0.1, 0.15) is 68.6 Å². The molecular weight excluding hydrogens is 326 g/mol. The molecule has 0 atom stereocenters. The number of hydrazone groups is 1. The first kappa shape index (κ1) is 19.6. The van der Waals surface area contributed by atoms with Crippen LogP contribution in [0.15, 0.2) is 41.8 Å². The molecule has 0 aliphatic carbocycles. The topological polar surface area (TPSA) is 74.6 Å². The maximum absolute atomic E-state index is 12.0. The first-order chi connectivity index (χ1) is 12.0. The molecule has 0 spiro atoms. The van der Waals surface area contributed by atoms with E-state index < -0.39 is 0 Å². The quantitative estimate of drug-likeness (QED) is 0.643.